The van der Waals surface area contributed by atoms with E-state index in [1.807, 2.05) is 49.4 Å². The minimum atomic E-state index is -0.350. The van der Waals surface area contributed by atoms with Gasteiger partial charge in [-0.2, -0.15) is 0 Å². The molecule has 0 aliphatic carbocycles. The van der Waals surface area contributed by atoms with Crippen LogP contribution < -0.4 is 10.9 Å². The van der Waals surface area contributed by atoms with E-state index in [1.165, 1.54) is 6.07 Å². The molecule has 0 radical (unpaired) electrons. The third-order valence-corrected chi connectivity index (χ3v) is 4.10. The van der Waals surface area contributed by atoms with Gasteiger partial charge in [0.25, 0.3) is 5.56 Å². The lowest BCUT2D eigenvalue weighted by Crippen LogP contribution is -2.31. The maximum absolute atomic E-state index is 12.4. The van der Waals surface area contributed by atoms with Gasteiger partial charge < -0.3 is 14.3 Å². The number of carbonyl (C=O) groups excluding carboxylic acids is 1. The van der Waals surface area contributed by atoms with Crippen molar-refractivity contribution in [2.75, 3.05) is 0 Å². The number of hydrogen-bond donors (Lipinski definition) is 1. The van der Waals surface area contributed by atoms with Gasteiger partial charge in [0.15, 0.2) is 0 Å². The zero-order valence-corrected chi connectivity index (χ0v) is 14.0. The number of amides is 1. The second kappa shape index (κ2) is 7.66. The fraction of sp³-hybridized carbons (Fsp3) is 0.200. The van der Waals surface area contributed by atoms with Crippen molar-refractivity contribution < 1.29 is 9.21 Å². The predicted octanol–water partition coefficient (Wildman–Crippen LogP) is 3.05. The summed E-state index contributed by atoms with van der Waals surface area (Å²) in [7, 11) is 0. The fourth-order valence-corrected chi connectivity index (χ4v) is 2.78. The molecule has 1 atom stereocenters. The van der Waals surface area contributed by atoms with Crippen molar-refractivity contribution in [1.29, 1.82) is 0 Å². The lowest BCUT2D eigenvalue weighted by Gasteiger charge is -2.17. The molecular weight excluding hydrogens is 316 g/mol. The highest BCUT2D eigenvalue weighted by molar-refractivity contribution is 5.76. The van der Waals surface area contributed by atoms with E-state index in [4.69, 9.17) is 4.42 Å². The average Bonchev–Trinajstić information content (AvgIpc) is 3.14. The Balaban J connectivity index is 1.72. The Morgan fingerprint density at radius 1 is 1.08 bits per heavy atom. The molecule has 0 unspecified atom stereocenters. The zero-order valence-electron chi connectivity index (χ0n) is 14.0. The van der Waals surface area contributed by atoms with Crippen molar-refractivity contribution in [2.24, 2.45) is 0 Å². The quantitative estimate of drug-likeness (QED) is 0.752. The van der Waals surface area contributed by atoms with E-state index in [-0.39, 0.29) is 23.9 Å². The zero-order chi connectivity index (χ0) is 17.6. The van der Waals surface area contributed by atoms with Crippen LogP contribution in [0.5, 0.6) is 0 Å². The van der Waals surface area contributed by atoms with Crippen molar-refractivity contribution in [3.63, 3.8) is 0 Å². The van der Waals surface area contributed by atoms with Gasteiger partial charge >= 0.3 is 0 Å². The average molecular weight is 336 g/mol. The third-order valence-electron chi connectivity index (χ3n) is 4.10. The maximum Gasteiger partial charge on any atom is 0.250 e. The summed E-state index contributed by atoms with van der Waals surface area (Å²) in [6.45, 7) is 2.20. The summed E-state index contributed by atoms with van der Waals surface area (Å²) in [6.07, 6.45) is 1.80. The fourth-order valence-electron chi connectivity index (χ4n) is 2.78. The van der Waals surface area contributed by atoms with Gasteiger partial charge in [0, 0.05) is 24.7 Å². The highest BCUT2D eigenvalue weighted by atomic mass is 16.3. The summed E-state index contributed by atoms with van der Waals surface area (Å²) in [4.78, 5) is 24.3. The van der Waals surface area contributed by atoms with Crippen LogP contribution in [-0.4, -0.2) is 10.5 Å². The number of nitrogens with zero attached hydrogens (tertiary/aromatic N) is 1. The van der Waals surface area contributed by atoms with E-state index < -0.39 is 0 Å². The molecule has 5 heteroatoms. The van der Waals surface area contributed by atoms with Gasteiger partial charge in [0.1, 0.15) is 11.8 Å². The van der Waals surface area contributed by atoms with Crippen molar-refractivity contribution in [3.8, 4) is 0 Å². The highest BCUT2D eigenvalue weighted by Gasteiger charge is 2.19. The Morgan fingerprint density at radius 2 is 1.88 bits per heavy atom. The first kappa shape index (κ1) is 16.8. The molecule has 3 aromatic rings. The van der Waals surface area contributed by atoms with Crippen LogP contribution in [0, 0.1) is 6.92 Å². The molecule has 25 heavy (non-hydrogen) atoms. The van der Waals surface area contributed by atoms with Crippen LogP contribution in [0.1, 0.15) is 29.5 Å². The summed E-state index contributed by atoms with van der Waals surface area (Å²) < 4.78 is 7.08. The highest BCUT2D eigenvalue weighted by Crippen LogP contribution is 2.22. The molecule has 1 amide bonds. The smallest absolute Gasteiger partial charge is 0.250 e. The molecule has 3 rings (SSSR count). The molecule has 1 N–H and O–H groups in total. The van der Waals surface area contributed by atoms with Crippen LogP contribution in [0.2, 0.25) is 0 Å². The molecule has 0 aliphatic heterocycles. The molecule has 0 fully saturated rings. The van der Waals surface area contributed by atoms with Gasteiger partial charge in [-0.05, 0) is 30.7 Å². The molecule has 0 saturated heterocycles. The third kappa shape index (κ3) is 4.07. The molecule has 2 heterocycles. The van der Waals surface area contributed by atoms with Crippen LogP contribution >= 0.6 is 0 Å². The predicted molar refractivity (Wildman–Crippen MR) is 95.2 cm³/mol. The summed E-state index contributed by atoms with van der Waals surface area (Å²) in [5.41, 5.74) is 1.68. The van der Waals surface area contributed by atoms with Crippen molar-refractivity contribution in [1.82, 2.24) is 9.88 Å². The Labute approximate surface area is 145 Å². The number of aryl methyl sites for hydroxylation is 1. The number of pyridine rings is 1. The van der Waals surface area contributed by atoms with Gasteiger partial charge in [0.05, 0.1) is 6.26 Å². The van der Waals surface area contributed by atoms with Crippen molar-refractivity contribution in [2.45, 2.75) is 25.9 Å². The van der Waals surface area contributed by atoms with Crippen LogP contribution in [0.25, 0.3) is 0 Å². The molecule has 0 aliphatic rings. The first-order valence-corrected chi connectivity index (χ1v) is 8.19. The van der Waals surface area contributed by atoms with E-state index in [2.05, 4.69) is 5.32 Å². The molecule has 0 saturated carbocycles. The molecule has 5 nitrogen and oxygen atoms in total. The van der Waals surface area contributed by atoms with Crippen LogP contribution in [0.15, 0.2) is 76.1 Å². The number of benzene rings is 1. The normalized spacial score (nSPS) is 11.9. The van der Waals surface area contributed by atoms with Gasteiger partial charge in [-0.1, -0.05) is 36.4 Å². The molecule has 0 spiro atoms. The number of nitrogens with one attached hydrogen (secondary N) is 1. The molecule has 0 bridgehead atoms. The number of furan rings is 1. The molecule has 2 aromatic heterocycles. The maximum atomic E-state index is 12.4. The summed E-state index contributed by atoms with van der Waals surface area (Å²) in [5.74, 6) is 0.535. The summed E-state index contributed by atoms with van der Waals surface area (Å²) in [5, 5.41) is 3.00. The van der Waals surface area contributed by atoms with E-state index in [0.717, 1.165) is 11.3 Å². The molecule has 128 valence electrons. The standard InChI is InChI=1S/C20H20N2O3/c1-15-7-5-11-19(24)22(15)13-12-18(23)21-20(17-10-6-14-25-17)16-8-3-2-4-9-16/h2-11,14,20H,12-13H2,1H3,(H,21,23)/t20-/m0/s1. The number of aromatic nitrogens is 1. The van der Waals surface area contributed by atoms with E-state index >= 15 is 0 Å². The van der Waals surface area contributed by atoms with Gasteiger partial charge in [-0.25, -0.2) is 0 Å². The van der Waals surface area contributed by atoms with Crippen LogP contribution in [-0.2, 0) is 11.3 Å². The van der Waals surface area contributed by atoms with E-state index in [0.29, 0.717) is 12.3 Å². The lowest BCUT2D eigenvalue weighted by atomic mass is 10.0. The van der Waals surface area contributed by atoms with E-state index in [9.17, 15) is 9.59 Å². The Bertz CT molecular complexity index is 883. The Hall–Kier alpha value is -3.08. The second-order valence-electron chi connectivity index (χ2n) is 5.83. The SMILES string of the molecule is Cc1cccc(=O)n1CCC(=O)N[C@@H](c1ccccc1)c1ccco1. The van der Waals surface area contributed by atoms with Gasteiger partial charge in [-0.3, -0.25) is 9.59 Å². The topological polar surface area (TPSA) is 64.2 Å². The number of carbonyl (C=O) groups is 1. The lowest BCUT2D eigenvalue weighted by molar-refractivity contribution is -0.121. The molecule has 1 aromatic carbocycles. The number of hydrogen-bond acceptors (Lipinski definition) is 3. The first-order valence-electron chi connectivity index (χ1n) is 8.19. The van der Waals surface area contributed by atoms with Crippen molar-refractivity contribution in [3.05, 3.63) is 94.3 Å². The van der Waals surface area contributed by atoms with Crippen LogP contribution in [0.3, 0.4) is 0 Å². The van der Waals surface area contributed by atoms with Gasteiger partial charge in [0.2, 0.25) is 5.91 Å². The second-order valence-corrected chi connectivity index (χ2v) is 5.83. The minimum Gasteiger partial charge on any atom is -0.467 e. The summed E-state index contributed by atoms with van der Waals surface area (Å²) >= 11 is 0. The van der Waals surface area contributed by atoms with Crippen LogP contribution in [0.4, 0.5) is 0 Å². The molecular formula is C20H20N2O3. The first-order chi connectivity index (χ1) is 12.1. The Kier molecular flexibility index (Phi) is 5.14. The minimum absolute atomic E-state index is 0.0987. The van der Waals surface area contributed by atoms with E-state index in [1.54, 1.807) is 23.0 Å². The summed E-state index contributed by atoms with van der Waals surface area (Å²) in [6, 6.07) is 18.0. The van der Waals surface area contributed by atoms with Gasteiger partial charge in [-0.15, -0.1) is 0 Å². The Morgan fingerprint density at radius 3 is 2.56 bits per heavy atom. The van der Waals surface area contributed by atoms with Crippen molar-refractivity contribution >= 4 is 5.91 Å². The largest absolute Gasteiger partial charge is 0.467 e. The number of rotatable bonds is 6. The monoisotopic (exact) mass is 336 g/mol.